The Morgan fingerprint density at radius 2 is 1.63 bits per heavy atom. The summed E-state index contributed by atoms with van der Waals surface area (Å²) in [4.78, 5) is 24.8. The van der Waals surface area contributed by atoms with E-state index in [1.54, 1.807) is 19.2 Å². The van der Waals surface area contributed by atoms with Gasteiger partial charge in [0.15, 0.2) is 17.6 Å². The zero-order valence-corrected chi connectivity index (χ0v) is 18.1. The van der Waals surface area contributed by atoms with Gasteiger partial charge in [0.05, 0.1) is 26.4 Å². The van der Waals surface area contributed by atoms with E-state index in [1.807, 2.05) is 38.1 Å². The maximum absolute atomic E-state index is 12.5. The molecule has 0 bridgehead atoms. The smallest absolute Gasteiger partial charge is 0.339 e. The average molecular weight is 415 g/mol. The molecule has 0 aromatic heterocycles. The number of carbonyl (C=O) groups excluding carboxylic acids is 2. The third-order valence-corrected chi connectivity index (χ3v) is 4.27. The van der Waals surface area contributed by atoms with Gasteiger partial charge in [0, 0.05) is 12.1 Å². The summed E-state index contributed by atoms with van der Waals surface area (Å²) >= 11 is 0. The molecule has 30 heavy (non-hydrogen) atoms. The van der Waals surface area contributed by atoms with Gasteiger partial charge in [-0.25, -0.2) is 4.79 Å². The van der Waals surface area contributed by atoms with Crippen molar-refractivity contribution >= 4 is 11.9 Å². The van der Waals surface area contributed by atoms with Gasteiger partial charge < -0.3 is 24.3 Å². The minimum Gasteiger partial charge on any atom is -0.496 e. The van der Waals surface area contributed by atoms with E-state index < -0.39 is 18.0 Å². The SMILES string of the molecule is COc1ccccc1CNC(=O)[C@@H](C)OC(=O)c1ccc(OCC(C)C)c(OC)c1. The predicted molar refractivity (Wildman–Crippen MR) is 113 cm³/mol. The van der Waals surface area contributed by atoms with Crippen molar-refractivity contribution in [3.05, 3.63) is 53.6 Å². The van der Waals surface area contributed by atoms with E-state index in [9.17, 15) is 9.59 Å². The Hall–Kier alpha value is -3.22. The first-order valence-corrected chi connectivity index (χ1v) is 9.77. The van der Waals surface area contributed by atoms with Crippen LogP contribution in [0.25, 0.3) is 0 Å². The normalized spacial score (nSPS) is 11.5. The van der Waals surface area contributed by atoms with Gasteiger partial charge in [-0.15, -0.1) is 0 Å². The molecule has 0 fully saturated rings. The second-order valence-electron chi connectivity index (χ2n) is 7.15. The number of carbonyl (C=O) groups is 2. The van der Waals surface area contributed by atoms with Crippen LogP contribution in [0, 0.1) is 5.92 Å². The van der Waals surface area contributed by atoms with Gasteiger partial charge in [-0.05, 0) is 37.1 Å². The molecule has 0 aliphatic carbocycles. The minimum atomic E-state index is -0.963. The number of hydrogen-bond donors (Lipinski definition) is 1. The van der Waals surface area contributed by atoms with Crippen LogP contribution in [-0.2, 0) is 16.1 Å². The number of ether oxygens (including phenoxy) is 4. The van der Waals surface area contributed by atoms with Crippen LogP contribution in [0.2, 0.25) is 0 Å². The van der Waals surface area contributed by atoms with Crippen LogP contribution in [0.4, 0.5) is 0 Å². The van der Waals surface area contributed by atoms with E-state index >= 15 is 0 Å². The van der Waals surface area contributed by atoms with Gasteiger partial charge in [-0.3, -0.25) is 4.79 Å². The molecule has 0 saturated carbocycles. The van der Waals surface area contributed by atoms with Crippen molar-refractivity contribution in [1.82, 2.24) is 5.32 Å². The van der Waals surface area contributed by atoms with Crippen LogP contribution in [-0.4, -0.2) is 38.8 Å². The number of rotatable bonds is 10. The highest BCUT2D eigenvalue weighted by molar-refractivity contribution is 5.92. The lowest BCUT2D eigenvalue weighted by molar-refractivity contribution is -0.129. The van der Waals surface area contributed by atoms with E-state index in [0.29, 0.717) is 29.8 Å². The standard InChI is InChI=1S/C23H29NO6/c1-15(2)14-29-20-11-10-17(12-21(20)28-5)23(26)30-16(3)22(25)24-13-18-8-6-7-9-19(18)27-4/h6-12,15-16H,13-14H2,1-5H3,(H,24,25)/t16-/m1/s1. The fraction of sp³-hybridized carbons (Fsp3) is 0.391. The third-order valence-electron chi connectivity index (χ3n) is 4.27. The van der Waals surface area contributed by atoms with Crippen LogP contribution in [0.3, 0.4) is 0 Å². The Kier molecular flexibility index (Phi) is 8.53. The molecule has 1 amide bonds. The second kappa shape index (κ2) is 11.1. The Labute approximate surface area is 177 Å². The Morgan fingerprint density at radius 1 is 0.933 bits per heavy atom. The van der Waals surface area contributed by atoms with Gasteiger partial charge >= 0.3 is 5.97 Å². The Balaban J connectivity index is 1.96. The molecule has 0 saturated heterocycles. The maximum atomic E-state index is 12.5. The Bertz CT molecular complexity index is 865. The molecule has 0 aliphatic rings. The largest absolute Gasteiger partial charge is 0.496 e. The fourth-order valence-corrected chi connectivity index (χ4v) is 2.63. The molecule has 0 radical (unpaired) electrons. The first-order valence-electron chi connectivity index (χ1n) is 9.77. The summed E-state index contributed by atoms with van der Waals surface area (Å²) in [5.41, 5.74) is 1.10. The average Bonchev–Trinajstić information content (AvgIpc) is 2.75. The van der Waals surface area contributed by atoms with Gasteiger partial charge in [0.1, 0.15) is 5.75 Å². The maximum Gasteiger partial charge on any atom is 0.339 e. The molecule has 1 atom stereocenters. The number of amides is 1. The topological polar surface area (TPSA) is 83.1 Å². The number of esters is 1. The first-order chi connectivity index (χ1) is 14.3. The highest BCUT2D eigenvalue weighted by Gasteiger charge is 2.20. The molecule has 2 aromatic carbocycles. The molecule has 7 heteroatoms. The van der Waals surface area contributed by atoms with Gasteiger partial charge in [0.2, 0.25) is 0 Å². The Morgan fingerprint density at radius 3 is 2.30 bits per heavy atom. The highest BCUT2D eigenvalue weighted by atomic mass is 16.5. The molecule has 0 aliphatic heterocycles. The number of hydrogen-bond acceptors (Lipinski definition) is 6. The lowest BCUT2D eigenvalue weighted by Crippen LogP contribution is -2.35. The first kappa shape index (κ1) is 23.1. The van der Waals surface area contributed by atoms with Crippen molar-refractivity contribution in [1.29, 1.82) is 0 Å². The molecule has 1 N–H and O–H groups in total. The summed E-state index contributed by atoms with van der Waals surface area (Å²) in [6, 6.07) is 12.1. The minimum absolute atomic E-state index is 0.264. The molecular weight excluding hydrogens is 386 g/mol. The van der Waals surface area contributed by atoms with Crippen LogP contribution in [0.5, 0.6) is 17.2 Å². The monoisotopic (exact) mass is 415 g/mol. The van der Waals surface area contributed by atoms with Crippen molar-refractivity contribution in [2.24, 2.45) is 5.92 Å². The number of methoxy groups -OCH3 is 2. The molecule has 2 rings (SSSR count). The molecule has 7 nitrogen and oxygen atoms in total. The summed E-state index contributed by atoms with van der Waals surface area (Å²) in [7, 11) is 3.07. The van der Waals surface area contributed by atoms with Crippen LogP contribution >= 0.6 is 0 Å². The summed E-state index contributed by atoms with van der Waals surface area (Å²) in [6.45, 7) is 6.40. The van der Waals surface area contributed by atoms with Crippen molar-refractivity contribution in [3.63, 3.8) is 0 Å². The van der Waals surface area contributed by atoms with Crippen molar-refractivity contribution in [3.8, 4) is 17.2 Å². The number of benzene rings is 2. The molecular formula is C23H29NO6. The van der Waals surface area contributed by atoms with Crippen LogP contribution < -0.4 is 19.5 Å². The summed E-state index contributed by atoms with van der Waals surface area (Å²) in [6.07, 6.45) is -0.963. The van der Waals surface area contributed by atoms with E-state index in [-0.39, 0.29) is 12.1 Å². The van der Waals surface area contributed by atoms with Gasteiger partial charge in [-0.2, -0.15) is 0 Å². The number of nitrogens with one attached hydrogen (secondary N) is 1. The fourth-order valence-electron chi connectivity index (χ4n) is 2.63. The van der Waals surface area contributed by atoms with E-state index in [0.717, 1.165) is 5.56 Å². The zero-order chi connectivity index (χ0) is 22.1. The quantitative estimate of drug-likeness (QED) is 0.597. The van der Waals surface area contributed by atoms with Gasteiger partial charge in [-0.1, -0.05) is 32.0 Å². The summed E-state index contributed by atoms with van der Waals surface area (Å²) in [5, 5.41) is 2.75. The van der Waals surface area contributed by atoms with Crippen molar-refractivity contribution in [2.75, 3.05) is 20.8 Å². The van der Waals surface area contributed by atoms with Crippen molar-refractivity contribution in [2.45, 2.75) is 33.4 Å². The second-order valence-corrected chi connectivity index (χ2v) is 7.15. The molecule has 162 valence electrons. The van der Waals surface area contributed by atoms with E-state index in [1.165, 1.54) is 20.1 Å². The van der Waals surface area contributed by atoms with E-state index in [2.05, 4.69) is 5.32 Å². The predicted octanol–water partition coefficient (Wildman–Crippen LogP) is 3.60. The van der Waals surface area contributed by atoms with Crippen LogP contribution in [0.1, 0.15) is 36.7 Å². The van der Waals surface area contributed by atoms with E-state index in [4.69, 9.17) is 18.9 Å². The van der Waals surface area contributed by atoms with Crippen LogP contribution in [0.15, 0.2) is 42.5 Å². The zero-order valence-electron chi connectivity index (χ0n) is 18.1. The lowest BCUT2D eigenvalue weighted by Gasteiger charge is -2.16. The summed E-state index contributed by atoms with van der Waals surface area (Å²) < 4.78 is 21.6. The highest BCUT2D eigenvalue weighted by Crippen LogP contribution is 2.29. The lowest BCUT2D eigenvalue weighted by atomic mass is 10.2. The number of para-hydroxylation sites is 1. The van der Waals surface area contributed by atoms with Gasteiger partial charge in [0.25, 0.3) is 5.91 Å². The molecule has 0 spiro atoms. The third kappa shape index (κ3) is 6.40. The molecule has 0 unspecified atom stereocenters. The van der Waals surface area contributed by atoms with Crippen molar-refractivity contribution < 1.29 is 28.5 Å². The summed E-state index contributed by atoms with van der Waals surface area (Å²) in [5.74, 6) is 0.981. The molecule has 0 heterocycles. The molecule has 2 aromatic rings.